The van der Waals surface area contributed by atoms with Crippen LogP contribution in [0.25, 0.3) is 22.0 Å². The summed E-state index contributed by atoms with van der Waals surface area (Å²) in [6, 6.07) is 10.5. The molecule has 10 nitrogen and oxygen atoms in total. The first-order valence-corrected chi connectivity index (χ1v) is 14.6. The molecule has 1 aromatic carbocycles. The minimum Gasteiger partial charge on any atom is -0.390 e. The summed E-state index contributed by atoms with van der Waals surface area (Å²) in [5.41, 5.74) is 4.80. The van der Waals surface area contributed by atoms with Crippen LogP contribution in [0.15, 0.2) is 47.2 Å². The van der Waals surface area contributed by atoms with Crippen molar-refractivity contribution in [2.24, 2.45) is 5.41 Å². The van der Waals surface area contributed by atoms with Gasteiger partial charge in [0, 0.05) is 24.5 Å². The van der Waals surface area contributed by atoms with E-state index in [9.17, 15) is 19.5 Å². The molecule has 0 radical (unpaired) electrons. The van der Waals surface area contributed by atoms with Gasteiger partial charge in [-0.05, 0) is 101 Å². The van der Waals surface area contributed by atoms with Crippen LogP contribution in [0.3, 0.4) is 0 Å². The Hall–Kier alpha value is -3.96. The highest BCUT2D eigenvalue weighted by molar-refractivity contribution is 9.10. The summed E-state index contributed by atoms with van der Waals surface area (Å²) < 4.78 is 2.20. The molecule has 0 spiro atoms. The fraction of sp³-hybridized carbons (Fsp3) is 0.355. The van der Waals surface area contributed by atoms with E-state index in [4.69, 9.17) is 0 Å². The molecule has 11 heteroatoms. The Labute approximate surface area is 251 Å². The first-order valence-electron chi connectivity index (χ1n) is 13.8. The standard InChI is InChI=1S/C31H31BrN6O4/c1-16-5-6-25(32)34-29(16)35-30(42)23-12-31(4)13-24(31)38(23)26(41)14-37-28-17(2)9-20(11-22(28)27(36-37)18(3)40)19-7-8-33-21(10-19)15-39/h5-11,23-24,39H,12-15H2,1-4H3,(H,34,35,42)/t23-,24+,31-/m0/s1. The number of benzene rings is 1. The van der Waals surface area contributed by atoms with Crippen LogP contribution in [-0.4, -0.2) is 59.4 Å². The van der Waals surface area contributed by atoms with Crippen LogP contribution in [0.4, 0.5) is 5.82 Å². The van der Waals surface area contributed by atoms with Crippen molar-refractivity contribution in [1.82, 2.24) is 24.6 Å². The number of hydrogen-bond donors (Lipinski definition) is 2. The third-order valence-corrected chi connectivity index (χ3v) is 8.94. The lowest BCUT2D eigenvalue weighted by Crippen LogP contribution is -2.47. The summed E-state index contributed by atoms with van der Waals surface area (Å²) >= 11 is 3.36. The number of ketones is 1. The SMILES string of the molecule is CC(=O)c1nn(CC(=O)N2[C@H](C(=O)Nc3nc(Br)ccc3C)C[C@@]3(C)C[C@@H]23)c2c(C)cc(-c3ccnc(CO)c3)cc12. The van der Waals surface area contributed by atoms with Crippen molar-refractivity contribution in [2.75, 3.05) is 5.32 Å². The molecule has 42 heavy (non-hydrogen) atoms. The lowest BCUT2D eigenvalue weighted by Gasteiger charge is -2.27. The number of carbonyl (C=O) groups is 3. The van der Waals surface area contributed by atoms with Crippen molar-refractivity contribution in [3.8, 4) is 11.1 Å². The molecule has 2 aliphatic rings. The monoisotopic (exact) mass is 630 g/mol. The number of halogens is 1. The van der Waals surface area contributed by atoms with Gasteiger partial charge in [-0.2, -0.15) is 5.10 Å². The molecule has 4 heterocycles. The van der Waals surface area contributed by atoms with Crippen molar-refractivity contribution < 1.29 is 19.5 Å². The highest BCUT2D eigenvalue weighted by Gasteiger charge is 2.64. The molecule has 2 fully saturated rings. The molecule has 4 aromatic rings. The average Bonchev–Trinajstić information content (AvgIpc) is 3.30. The Balaban J connectivity index is 1.32. The van der Waals surface area contributed by atoms with E-state index in [1.54, 1.807) is 21.8 Å². The quantitative estimate of drug-likeness (QED) is 0.226. The summed E-state index contributed by atoms with van der Waals surface area (Å²) in [5, 5.41) is 17.7. The zero-order chi connectivity index (χ0) is 29.9. The van der Waals surface area contributed by atoms with Gasteiger partial charge in [-0.1, -0.05) is 13.0 Å². The van der Waals surface area contributed by atoms with Gasteiger partial charge in [0.15, 0.2) is 5.78 Å². The topological polar surface area (TPSA) is 130 Å². The number of Topliss-reactive ketones (excluding diaryl/α,β-unsaturated/α-hetero) is 1. The van der Waals surface area contributed by atoms with E-state index in [0.717, 1.165) is 28.7 Å². The van der Waals surface area contributed by atoms with Gasteiger partial charge >= 0.3 is 0 Å². The van der Waals surface area contributed by atoms with Crippen molar-refractivity contribution in [3.63, 3.8) is 0 Å². The molecule has 3 atom stereocenters. The summed E-state index contributed by atoms with van der Waals surface area (Å²) in [4.78, 5) is 50.3. The number of aliphatic hydroxyl groups is 1. The molecule has 1 aliphatic carbocycles. The third-order valence-electron chi connectivity index (χ3n) is 8.50. The Kier molecular flexibility index (Phi) is 6.97. The third kappa shape index (κ3) is 4.90. The molecule has 2 amide bonds. The van der Waals surface area contributed by atoms with E-state index < -0.39 is 6.04 Å². The maximum atomic E-state index is 13.9. The van der Waals surface area contributed by atoms with Gasteiger partial charge in [0.2, 0.25) is 11.8 Å². The van der Waals surface area contributed by atoms with Gasteiger partial charge in [-0.3, -0.25) is 24.0 Å². The van der Waals surface area contributed by atoms with Gasteiger partial charge < -0.3 is 15.3 Å². The summed E-state index contributed by atoms with van der Waals surface area (Å²) in [6.07, 6.45) is 3.06. The maximum Gasteiger partial charge on any atom is 0.248 e. The number of likely N-dealkylation sites (tertiary alicyclic amines) is 1. The summed E-state index contributed by atoms with van der Waals surface area (Å²) in [6.45, 7) is 7.08. The van der Waals surface area contributed by atoms with E-state index in [1.165, 1.54) is 6.92 Å². The van der Waals surface area contributed by atoms with E-state index in [0.29, 0.717) is 33.4 Å². The molecule has 2 N–H and O–H groups in total. The van der Waals surface area contributed by atoms with Gasteiger partial charge in [-0.15, -0.1) is 0 Å². The minimum absolute atomic E-state index is 0.0217. The number of piperidine rings is 1. The highest BCUT2D eigenvalue weighted by atomic mass is 79.9. The molecular weight excluding hydrogens is 600 g/mol. The Bertz CT molecular complexity index is 1780. The first kappa shape index (κ1) is 28.2. The van der Waals surface area contributed by atoms with Crippen molar-refractivity contribution in [1.29, 1.82) is 0 Å². The Morgan fingerprint density at radius 1 is 1.10 bits per heavy atom. The van der Waals surface area contributed by atoms with Crippen LogP contribution in [0.5, 0.6) is 0 Å². The Morgan fingerprint density at radius 3 is 2.62 bits per heavy atom. The van der Waals surface area contributed by atoms with Crippen LogP contribution in [0.1, 0.15) is 54.0 Å². The van der Waals surface area contributed by atoms with Crippen molar-refractivity contribution in [2.45, 2.75) is 65.8 Å². The first-order chi connectivity index (χ1) is 20.0. The number of hydrogen-bond acceptors (Lipinski definition) is 7. The molecule has 216 valence electrons. The fourth-order valence-corrected chi connectivity index (χ4v) is 6.52. The fourth-order valence-electron chi connectivity index (χ4n) is 6.21. The van der Waals surface area contributed by atoms with Crippen LogP contribution in [-0.2, 0) is 22.7 Å². The van der Waals surface area contributed by atoms with Crippen LogP contribution in [0.2, 0.25) is 0 Å². The van der Waals surface area contributed by atoms with E-state index >= 15 is 0 Å². The molecule has 1 aliphatic heterocycles. The average molecular weight is 632 g/mol. The number of nitrogens with zero attached hydrogens (tertiary/aromatic N) is 5. The number of aliphatic hydroxyl groups excluding tert-OH is 1. The van der Waals surface area contributed by atoms with Gasteiger partial charge in [0.1, 0.15) is 28.7 Å². The zero-order valence-electron chi connectivity index (χ0n) is 23.8. The smallest absolute Gasteiger partial charge is 0.248 e. The number of anilines is 1. The highest BCUT2D eigenvalue weighted by Crippen LogP contribution is 2.59. The molecular formula is C31H31BrN6O4. The lowest BCUT2D eigenvalue weighted by atomic mass is 9.99. The number of rotatable bonds is 7. The molecule has 0 unspecified atom stereocenters. The number of carbonyl (C=O) groups excluding carboxylic acids is 3. The molecule has 6 rings (SSSR count). The van der Waals surface area contributed by atoms with Gasteiger partial charge in [-0.25, -0.2) is 4.98 Å². The number of aryl methyl sites for hydroxylation is 2. The van der Waals surface area contributed by atoms with E-state index in [2.05, 4.69) is 43.2 Å². The predicted octanol–water partition coefficient (Wildman–Crippen LogP) is 4.59. The maximum absolute atomic E-state index is 13.9. The summed E-state index contributed by atoms with van der Waals surface area (Å²) in [5.74, 6) is -0.229. The number of pyridine rings is 2. The second kappa shape index (κ2) is 10.4. The second-order valence-electron chi connectivity index (χ2n) is 11.6. The van der Waals surface area contributed by atoms with Crippen molar-refractivity contribution >= 4 is 50.2 Å². The second-order valence-corrected chi connectivity index (χ2v) is 12.4. The summed E-state index contributed by atoms with van der Waals surface area (Å²) in [7, 11) is 0. The molecule has 1 saturated heterocycles. The zero-order valence-corrected chi connectivity index (χ0v) is 25.4. The van der Waals surface area contributed by atoms with Gasteiger partial charge in [0.05, 0.1) is 17.8 Å². The minimum atomic E-state index is -0.629. The predicted molar refractivity (Wildman–Crippen MR) is 161 cm³/mol. The lowest BCUT2D eigenvalue weighted by molar-refractivity contribution is -0.138. The molecule has 3 aromatic heterocycles. The number of aromatic nitrogens is 4. The normalized spacial score (nSPS) is 21.0. The Morgan fingerprint density at radius 2 is 1.88 bits per heavy atom. The van der Waals surface area contributed by atoms with E-state index in [1.807, 2.05) is 44.2 Å². The largest absolute Gasteiger partial charge is 0.390 e. The van der Waals surface area contributed by atoms with Crippen LogP contribution in [0, 0.1) is 19.3 Å². The van der Waals surface area contributed by atoms with E-state index in [-0.39, 0.29) is 47.9 Å². The molecule has 1 saturated carbocycles. The number of fused-ring (bicyclic) bond motifs is 2. The van der Waals surface area contributed by atoms with Gasteiger partial charge in [0.25, 0.3) is 0 Å². The molecule has 0 bridgehead atoms. The van der Waals surface area contributed by atoms with Crippen LogP contribution >= 0.6 is 15.9 Å². The van der Waals surface area contributed by atoms with Crippen LogP contribution < -0.4 is 5.32 Å². The van der Waals surface area contributed by atoms with Crippen molar-refractivity contribution in [3.05, 3.63) is 69.7 Å². The number of amides is 2. The number of nitrogens with one attached hydrogen (secondary N) is 1.